The molecule has 0 radical (unpaired) electrons. The standard InChI is InChI=1S/C17H20N2O2S.Ca.Ti.2H/c1-3-20-15-9-5-13(6-10-15)18-17(22)19-14-7-11-16(12-8-14)21-4-2;;;;/h5-12H,3-4H2,1-2H3,(H2,18,19,22);;;;. The summed E-state index contributed by atoms with van der Waals surface area (Å²) in [6.07, 6.45) is 0. The predicted octanol–water partition coefficient (Wildman–Crippen LogP) is 3.37. The number of hydrogen-bond donors (Lipinski definition) is 2. The maximum absolute atomic E-state index is 5.40. The van der Waals surface area contributed by atoms with Gasteiger partial charge >= 0.3 is 37.7 Å². The van der Waals surface area contributed by atoms with E-state index >= 15 is 0 Å². The largest absolute Gasteiger partial charge is 0 e. The van der Waals surface area contributed by atoms with Gasteiger partial charge in [0.2, 0.25) is 0 Å². The van der Waals surface area contributed by atoms with E-state index in [0.717, 1.165) is 22.9 Å². The molecule has 2 N–H and O–H groups in total. The average Bonchev–Trinajstić information content (AvgIpc) is 2.52. The molecule has 0 aliphatic heterocycles. The van der Waals surface area contributed by atoms with Crippen LogP contribution in [0, 0.1) is 0 Å². The zero-order valence-electron chi connectivity index (χ0n) is 13.3. The maximum atomic E-state index is 5.40. The van der Waals surface area contributed by atoms with E-state index in [1.54, 1.807) is 0 Å². The Kier molecular flexibility index (Phi) is 12.8. The molecule has 7 heteroatoms. The summed E-state index contributed by atoms with van der Waals surface area (Å²) in [6, 6.07) is 15.3. The van der Waals surface area contributed by atoms with Crippen LogP contribution in [-0.2, 0) is 21.7 Å². The number of rotatable bonds is 6. The van der Waals surface area contributed by atoms with E-state index in [9.17, 15) is 0 Å². The van der Waals surface area contributed by atoms with E-state index < -0.39 is 0 Å². The van der Waals surface area contributed by atoms with Gasteiger partial charge in [0.05, 0.1) is 13.2 Å². The zero-order valence-corrected chi connectivity index (χ0v) is 15.6. The molecule has 2 aromatic rings. The number of nitrogens with one attached hydrogen (secondary N) is 2. The second kappa shape index (κ2) is 13.0. The van der Waals surface area contributed by atoms with E-state index in [1.807, 2.05) is 62.4 Å². The van der Waals surface area contributed by atoms with E-state index in [4.69, 9.17) is 21.7 Å². The third-order valence-electron chi connectivity index (χ3n) is 2.85. The maximum Gasteiger partial charge on any atom is 0 e. The molecule has 0 spiro atoms. The van der Waals surface area contributed by atoms with Gasteiger partial charge in [0.25, 0.3) is 0 Å². The number of benzene rings is 2. The SMILES string of the molecule is CCOc1ccc(NC(=S)Nc2ccc(OCC)cc2)cc1.[CaH2].[Ti]. The van der Waals surface area contributed by atoms with Crippen molar-refractivity contribution in [3.05, 3.63) is 48.5 Å². The fraction of sp³-hybridized carbons (Fsp3) is 0.235. The average molecular weight is 406 g/mol. The molecule has 124 valence electrons. The molecule has 0 bridgehead atoms. The van der Waals surface area contributed by atoms with Crippen LogP contribution in [-0.4, -0.2) is 56.1 Å². The normalized spacial score (nSPS) is 9.08. The summed E-state index contributed by atoms with van der Waals surface area (Å²) in [4.78, 5) is 0. The van der Waals surface area contributed by atoms with Crippen LogP contribution in [0.2, 0.25) is 0 Å². The molecule has 2 aromatic carbocycles. The predicted molar refractivity (Wildman–Crippen MR) is 104 cm³/mol. The molecule has 0 saturated heterocycles. The minimum absolute atomic E-state index is 0. The Hall–Kier alpha value is -0.296. The second-order valence-electron chi connectivity index (χ2n) is 4.49. The summed E-state index contributed by atoms with van der Waals surface area (Å²) in [6.45, 7) is 5.24. The molecule has 24 heavy (non-hydrogen) atoms. The Morgan fingerprint density at radius 2 is 1.12 bits per heavy atom. The third kappa shape index (κ3) is 8.19. The quantitative estimate of drug-likeness (QED) is 0.569. The summed E-state index contributed by atoms with van der Waals surface area (Å²) in [5.41, 5.74) is 1.82. The molecule has 0 aliphatic carbocycles. The molecule has 0 heterocycles. The minimum atomic E-state index is 0. The van der Waals surface area contributed by atoms with Crippen molar-refractivity contribution in [2.45, 2.75) is 13.8 Å². The topological polar surface area (TPSA) is 42.5 Å². The first-order valence-electron chi connectivity index (χ1n) is 7.25. The summed E-state index contributed by atoms with van der Waals surface area (Å²) in [5, 5.41) is 6.80. The van der Waals surface area contributed by atoms with Gasteiger partial charge in [-0.05, 0) is 74.6 Å². The summed E-state index contributed by atoms with van der Waals surface area (Å²) >= 11 is 5.30. The van der Waals surface area contributed by atoms with Crippen molar-refractivity contribution in [2.75, 3.05) is 23.8 Å². The van der Waals surface area contributed by atoms with Gasteiger partial charge in [-0.3, -0.25) is 0 Å². The Morgan fingerprint density at radius 3 is 1.42 bits per heavy atom. The fourth-order valence-electron chi connectivity index (χ4n) is 1.90. The van der Waals surface area contributed by atoms with Gasteiger partial charge in [-0.25, -0.2) is 0 Å². The van der Waals surface area contributed by atoms with Crippen LogP contribution >= 0.6 is 12.2 Å². The van der Waals surface area contributed by atoms with Crippen LogP contribution in [0.3, 0.4) is 0 Å². The van der Waals surface area contributed by atoms with Gasteiger partial charge in [-0.2, -0.15) is 0 Å². The van der Waals surface area contributed by atoms with Gasteiger partial charge in [0.1, 0.15) is 11.5 Å². The van der Waals surface area contributed by atoms with Crippen LogP contribution in [0.5, 0.6) is 11.5 Å². The minimum Gasteiger partial charge on any atom is 0 e. The van der Waals surface area contributed by atoms with Crippen molar-refractivity contribution in [3.8, 4) is 11.5 Å². The first kappa shape index (κ1) is 23.7. The van der Waals surface area contributed by atoms with Crippen molar-refractivity contribution < 1.29 is 31.2 Å². The zero-order chi connectivity index (χ0) is 15.8. The van der Waals surface area contributed by atoms with Crippen LogP contribution in [0.25, 0.3) is 0 Å². The molecule has 0 fully saturated rings. The van der Waals surface area contributed by atoms with Crippen molar-refractivity contribution in [1.82, 2.24) is 0 Å². The Bertz CT molecular complexity index is 555. The van der Waals surface area contributed by atoms with Crippen LogP contribution in [0.15, 0.2) is 48.5 Å². The second-order valence-corrected chi connectivity index (χ2v) is 4.90. The number of hydrogen-bond acceptors (Lipinski definition) is 3. The van der Waals surface area contributed by atoms with Crippen molar-refractivity contribution >= 4 is 66.4 Å². The molecule has 0 aliphatic rings. The first-order valence-corrected chi connectivity index (χ1v) is 7.65. The fourth-order valence-corrected chi connectivity index (χ4v) is 2.13. The Labute approximate surface area is 193 Å². The van der Waals surface area contributed by atoms with Gasteiger partial charge in [0.15, 0.2) is 5.11 Å². The molecular formula is C17H22CaN2O2STi. The molecule has 2 rings (SSSR count). The van der Waals surface area contributed by atoms with Gasteiger partial charge in [-0.1, -0.05) is 0 Å². The van der Waals surface area contributed by atoms with E-state index in [-0.39, 0.29) is 59.5 Å². The van der Waals surface area contributed by atoms with Crippen molar-refractivity contribution in [1.29, 1.82) is 0 Å². The van der Waals surface area contributed by atoms with E-state index in [1.165, 1.54) is 0 Å². The Morgan fingerprint density at radius 1 is 0.792 bits per heavy atom. The molecule has 0 amide bonds. The van der Waals surface area contributed by atoms with Crippen LogP contribution in [0.4, 0.5) is 11.4 Å². The number of ether oxygens (including phenoxy) is 2. The molecular weight excluding hydrogens is 384 g/mol. The first-order chi connectivity index (χ1) is 10.7. The molecule has 0 unspecified atom stereocenters. The van der Waals surface area contributed by atoms with Crippen LogP contribution in [0.1, 0.15) is 13.8 Å². The van der Waals surface area contributed by atoms with Crippen molar-refractivity contribution in [3.63, 3.8) is 0 Å². The van der Waals surface area contributed by atoms with E-state index in [2.05, 4.69) is 10.6 Å². The molecule has 0 aromatic heterocycles. The summed E-state index contributed by atoms with van der Waals surface area (Å²) in [7, 11) is 0. The van der Waals surface area contributed by atoms with Crippen LogP contribution < -0.4 is 20.1 Å². The monoisotopic (exact) mass is 406 g/mol. The van der Waals surface area contributed by atoms with Crippen molar-refractivity contribution in [2.24, 2.45) is 0 Å². The summed E-state index contributed by atoms with van der Waals surface area (Å²) < 4.78 is 10.8. The van der Waals surface area contributed by atoms with Gasteiger partial charge in [0, 0.05) is 33.1 Å². The molecule has 4 nitrogen and oxygen atoms in total. The molecule has 0 atom stereocenters. The van der Waals surface area contributed by atoms with E-state index in [0.29, 0.717) is 18.3 Å². The van der Waals surface area contributed by atoms with Gasteiger partial charge in [-0.15, -0.1) is 0 Å². The smallest absolute Gasteiger partial charge is 0 e. The number of anilines is 2. The third-order valence-corrected chi connectivity index (χ3v) is 3.05. The number of thiocarbonyl (C=S) groups is 1. The molecule has 0 saturated carbocycles. The summed E-state index contributed by atoms with van der Waals surface area (Å²) in [5.74, 6) is 1.69. The van der Waals surface area contributed by atoms with Gasteiger partial charge < -0.3 is 20.1 Å². The Balaban J connectivity index is 0.00000264.